The second-order valence-electron chi connectivity index (χ2n) is 5.99. The lowest BCUT2D eigenvalue weighted by molar-refractivity contribution is -0.116. The molecule has 22 heavy (non-hydrogen) atoms. The van der Waals surface area contributed by atoms with E-state index in [4.69, 9.17) is 4.98 Å². The molecule has 1 unspecified atom stereocenters. The maximum absolute atomic E-state index is 11.9. The van der Waals surface area contributed by atoms with E-state index in [0.29, 0.717) is 12.2 Å². The van der Waals surface area contributed by atoms with Gasteiger partial charge in [0.2, 0.25) is 5.91 Å². The van der Waals surface area contributed by atoms with Gasteiger partial charge in [0.15, 0.2) is 5.82 Å². The number of piperazine rings is 1. The number of nitrogens with zero attached hydrogens (tertiary/aromatic N) is 3. The fraction of sp³-hybridized carbons (Fsp3) is 0.438. The van der Waals surface area contributed by atoms with Gasteiger partial charge in [-0.15, -0.1) is 0 Å². The van der Waals surface area contributed by atoms with E-state index >= 15 is 0 Å². The fourth-order valence-electron chi connectivity index (χ4n) is 3.40. The van der Waals surface area contributed by atoms with Crippen LogP contribution in [0.15, 0.2) is 18.3 Å². The summed E-state index contributed by atoms with van der Waals surface area (Å²) in [5, 5.41) is 7.40. The lowest BCUT2D eigenvalue weighted by Gasteiger charge is -2.31. The van der Waals surface area contributed by atoms with Crippen molar-refractivity contribution in [3.63, 3.8) is 0 Å². The first-order valence-electron chi connectivity index (χ1n) is 7.78. The molecule has 114 valence electrons. The van der Waals surface area contributed by atoms with Gasteiger partial charge < -0.3 is 15.5 Å². The molecular formula is C16H19N5O. The van der Waals surface area contributed by atoms with Crippen molar-refractivity contribution in [1.29, 1.82) is 0 Å². The summed E-state index contributed by atoms with van der Waals surface area (Å²) in [5.41, 5.74) is 2.05. The number of carbonyl (C=O) groups excluding carboxylic acids is 1. The minimum Gasteiger partial charge on any atom is -0.352 e. The first-order chi connectivity index (χ1) is 10.7. The number of fused-ring (bicyclic) bond motifs is 3. The first-order valence-corrected chi connectivity index (χ1v) is 7.78. The zero-order valence-electron chi connectivity index (χ0n) is 12.6. The summed E-state index contributed by atoms with van der Waals surface area (Å²) in [6, 6.07) is 4.04. The Kier molecular flexibility index (Phi) is 3.18. The quantitative estimate of drug-likeness (QED) is 0.834. The minimum atomic E-state index is 0.0435. The van der Waals surface area contributed by atoms with E-state index in [1.54, 1.807) is 0 Å². The zero-order valence-corrected chi connectivity index (χ0v) is 12.6. The molecule has 2 aromatic heterocycles. The summed E-state index contributed by atoms with van der Waals surface area (Å²) >= 11 is 0. The molecule has 0 spiro atoms. The van der Waals surface area contributed by atoms with Gasteiger partial charge in [-0.2, -0.15) is 0 Å². The molecule has 2 aromatic rings. The monoisotopic (exact) mass is 297 g/mol. The topological polar surface area (TPSA) is 70.2 Å². The van der Waals surface area contributed by atoms with Crippen molar-refractivity contribution in [3.8, 4) is 0 Å². The second kappa shape index (κ2) is 5.21. The van der Waals surface area contributed by atoms with Gasteiger partial charge in [-0.1, -0.05) is 13.0 Å². The van der Waals surface area contributed by atoms with E-state index in [0.717, 1.165) is 48.5 Å². The molecule has 1 amide bonds. The molecule has 0 saturated carbocycles. The van der Waals surface area contributed by atoms with Crippen LogP contribution >= 0.6 is 0 Å². The molecule has 0 aliphatic carbocycles. The van der Waals surface area contributed by atoms with Crippen LogP contribution < -0.4 is 15.5 Å². The molecule has 4 heterocycles. The van der Waals surface area contributed by atoms with Crippen LogP contribution in [0.2, 0.25) is 0 Å². The molecule has 6 heteroatoms. The highest BCUT2D eigenvalue weighted by atomic mass is 16.1. The first kappa shape index (κ1) is 13.5. The van der Waals surface area contributed by atoms with Gasteiger partial charge >= 0.3 is 0 Å². The van der Waals surface area contributed by atoms with Crippen LogP contribution in [0, 0.1) is 0 Å². The number of pyridine rings is 2. The van der Waals surface area contributed by atoms with E-state index in [9.17, 15) is 4.79 Å². The highest BCUT2D eigenvalue weighted by Crippen LogP contribution is 2.39. The molecule has 0 radical (unpaired) electrons. The molecule has 2 N–H and O–H groups in total. The lowest BCUT2D eigenvalue weighted by Crippen LogP contribution is -2.44. The van der Waals surface area contributed by atoms with Crippen molar-refractivity contribution in [3.05, 3.63) is 23.9 Å². The van der Waals surface area contributed by atoms with E-state index in [1.807, 2.05) is 12.3 Å². The second-order valence-corrected chi connectivity index (χ2v) is 5.99. The standard InChI is InChI=1S/C16H19N5O/c1-10-9-12(22)19-15-13(10)11-3-2-4-18-14(11)16(20-15)21-7-5-17-6-8-21/h2-4,10,17H,5-9H2,1H3,(H,19,20,22). The molecule has 2 aliphatic rings. The third-order valence-corrected chi connectivity index (χ3v) is 4.44. The van der Waals surface area contributed by atoms with Crippen LogP contribution in [0.3, 0.4) is 0 Å². The SMILES string of the molecule is CC1CC(=O)Nc2nc(N3CCNCC3)c3ncccc3c21. The summed E-state index contributed by atoms with van der Waals surface area (Å²) in [5.74, 6) is 1.80. The van der Waals surface area contributed by atoms with Gasteiger partial charge in [0.05, 0.1) is 0 Å². The Morgan fingerprint density at radius 3 is 2.95 bits per heavy atom. The van der Waals surface area contributed by atoms with E-state index in [-0.39, 0.29) is 11.8 Å². The number of hydrogen-bond acceptors (Lipinski definition) is 5. The average Bonchev–Trinajstić information content (AvgIpc) is 2.54. The maximum Gasteiger partial charge on any atom is 0.226 e. The number of aromatic nitrogens is 2. The van der Waals surface area contributed by atoms with Crippen molar-refractivity contribution < 1.29 is 4.79 Å². The molecule has 1 atom stereocenters. The number of amides is 1. The Bertz CT molecular complexity index is 739. The Morgan fingerprint density at radius 2 is 2.14 bits per heavy atom. The number of rotatable bonds is 1. The molecular weight excluding hydrogens is 278 g/mol. The summed E-state index contributed by atoms with van der Waals surface area (Å²) in [7, 11) is 0. The molecule has 0 aromatic carbocycles. The van der Waals surface area contributed by atoms with Crippen molar-refractivity contribution in [2.24, 2.45) is 0 Å². The Morgan fingerprint density at radius 1 is 1.32 bits per heavy atom. The van der Waals surface area contributed by atoms with Crippen molar-refractivity contribution in [1.82, 2.24) is 15.3 Å². The Labute approximate surface area is 128 Å². The molecule has 1 saturated heterocycles. The zero-order chi connectivity index (χ0) is 15.1. The predicted octanol–water partition coefficient (Wildman–Crippen LogP) is 1.49. The van der Waals surface area contributed by atoms with Crippen molar-refractivity contribution in [2.45, 2.75) is 19.3 Å². The van der Waals surface area contributed by atoms with E-state index in [2.05, 4.69) is 33.5 Å². The summed E-state index contributed by atoms with van der Waals surface area (Å²) in [4.78, 5) is 23.5. The normalized spacial score (nSPS) is 21.6. The molecule has 1 fully saturated rings. The largest absolute Gasteiger partial charge is 0.352 e. The van der Waals surface area contributed by atoms with Gasteiger partial charge in [-0.25, -0.2) is 4.98 Å². The minimum absolute atomic E-state index is 0.0435. The lowest BCUT2D eigenvalue weighted by atomic mass is 9.91. The number of nitrogens with one attached hydrogen (secondary N) is 2. The number of carbonyl (C=O) groups is 1. The Balaban J connectivity index is 1.94. The van der Waals surface area contributed by atoms with Crippen LogP contribution in [0.1, 0.15) is 24.8 Å². The van der Waals surface area contributed by atoms with Crippen LogP contribution in [0.5, 0.6) is 0 Å². The van der Waals surface area contributed by atoms with Crippen LogP contribution in [-0.4, -0.2) is 42.1 Å². The molecule has 4 rings (SSSR count). The van der Waals surface area contributed by atoms with Gasteiger partial charge in [0.25, 0.3) is 0 Å². The van der Waals surface area contributed by atoms with Crippen molar-refractivity contribution in [2.75, 3.05) is 36.4 Å². The number of anilines is 2. The maximum atomic E-state index is 11.9. The third-order valence-electron chi connectivity index (χ3n) is 4.44. The van der Waals surface area contributed by atoms with Gasteiger partial charge in [-0.05, 0) is 12.0 Å². The summed E-state index contributed by atoms with van der Waals surface area (Å²) < 4.78 is 0. The molecule has 6 nitrogen and oxygen atoms in total. The highest BCUT2D eigenvalue weighted by Gasteiger charge is 2.28. The third kappa shape index (κ3) is 2.11. The van der Waals surface area contributed by atoms with Crippen LogP contribution in [0.25, 0.3) is 10.9 Å². The smallest absolute Gasteiger partial charge is 0.226 e. The van der Waals surface area contributed by atoms with Gasteiger partial charge in [0.1, 0.15) is 11.3 Å². The van der Waals surface area contributed by atoms with E-state index < -0.39 is 0 Å². The highest BCUT2D eigenvalue weighted by molar-refractivity contribution is 6.01. The van der Waals surface area contributed by atoms with Gasteiger partial charge in [0, 0.05) is 49.7 Å². The van der Waals surface area contributed by atoms with Crippen LogP contribution in [-0.2, 0) is 4.79 Å². The molecule has 2 aliphatic heterocycles. The number of hydrogen-bond donors (Lipinski definition) is 2. The summed E-state index contributed by atoms with van der Waals surface area (Å²) in [6.45, 7) is 5.77. The van der Waals surface area contributed by atoms with Crippen LogP contribution in [0.4, 0.5) is 11.6 Å². The fourth-order valence-corrected chi connectivity index (χ4v) is 3.40. The van der Waals surface area contributed by atoms with Crippen molar-refractivity contribution >= 4 is 28.4 Å². The Hall–Kier alpha value is -2.21. The predicted molar refractivity (Wildman–Crippen MR) is 86.3 cm³/mol. The molecule has 0 bridgehead atoms. The average molecular weight is 297 g/mol. The summed E-state index contributed by atoms with van der Waals surface area (Å²) in [6.07, 6.45) is 2.32. The van der Waals surface area contributed by atoms with Gasteiger partial charge in [-0.3, -0.25) is 9.78 Å². The van der Waals surface area contributed by atoms with E-state index in [1.165, 1.54) is 0 Å².